The number of carbonyl (C=O) groups excluding carboxylic acids is 2. The largest absolute Gasteiger partial charge is 0.497 e. The van der Waals surface area contributed by atoms with E-state index in [4.69, 9.17) is 9.47 Å². The van der Waals surface area contributed by atoms with Crippen LogP contribution in [0.15, 0.2) is 48.5 Å². The SMILES string of the molecule is COc1cc(NC(=O)CCNC(=O)c2ccccc2)cc(OC)c1. The van der Waals surface area contributed by atoms with E-state index in [1.165, 1.54) is 0 Å². The Morgan fingerprint density at radius 1 is 0.958 bits per heavy atom. The summed E-state index contributed by atoms with van der Waals surface area (Å²) in [4.78, 5) is 23.9. The fraction of sp³-hybridized carbons (Fsp3) is 0.222. The van der Waals surface area contributed by atoms with Crippen molar-refractivity contribution in [3.63, 3.8) is 0 Å². The molecular weight excluding hydrogens is 308 g/mol. The van der Waals surface area contributed by atoms with Gasteiger partial charge < -0.3 is 20.1 Å². The average molecular weight is 328 g/mol. The second kappa shape index (κ2) is 8.57. The van der Waals surface area contributed by atoms with Crippen LogP contribution < -0.4 is 20.1 Å². The van der Waals surface area contributed by atoms with Gasteiger partial charge in [0.05, 0.1) is 14.2 Å². The lowest BCUT2D eigenvalue weighted by Crippen LogP contribution is -2.27. The van der Waals surface area contributed by atoms with E-state index in [1.54, 1.807) is 56.7 Å². The number of rotatable bonds is 7. The highest BCUT2D eigenvalue weighted by molar-refractivity contribution is 5.95. The van der Waals surface area contributed by atoms with Gasteiger partial charge in [0.2, 0.25) is 5.91 Å². The van der Waals surface area contributed by atoms with E-state index in [0.717, 1.165) is 0 Å². The third-order valence-electron chi connectivity index (χ3n) is 3.31. The van der Waals surface area contributed by atoms with Crippen molar-refractivity contribution in [1.29, 1.82) is 0 Å². The second-order valence-electron chi connectivity index (χ2n) is 5.02. The van der Waals surface area contributed by atoms with Gasteiger partial charge in [0.1, 0.15) is 11.5 Å². The van der Waals surface area contributed by atoms with Crippen molar-refractivity contribution in [1.82, 2.24) is 5.32 Å². The van der Waals surface area contributed by atoms with Crippen molar-refractivity contribution < 1.29 is 19.1 Å². The van der Waals surface area contributed by atoms with Gasteiger partial charge in [-0.25, -0.2) is 0 Å². The monoisotopic (exact) mass is 328 g/mol. The summed E-state index contributed by atoms with van der Waals surface area (Å²) in [5.41, 5.74) is 1.14. The molecular formula is C18H20N2O4. The van der Waals surface area contributed by atoms with Gasteiger partial charge in [-0.1, -0.05) is 18.2 Å². The number of carbonyl (C=O) groups is 2. The lowest BCUT2D eigenvalue weighted by atomic mass is 10.2. The van der Waals surface area contributed by atoms with E-state index in [2.05, 4.69) is 10.6 Å². The first-order valence-corrected chi connectivity index (χ1v) is 7.48. The van der Waals surface area contributed by atoms with Crippen LogP contribution in [0.5, 0.6) is 11.5 Å². The molecule has 0 bridgehead atoms. The predicted octanol–water partition coefficient (Wildman–Crippen LogP) is 2.46. The molecule has 0 aliphatic carbocycles. The van der Waals surface area contributed by atoms with E-state index >= 15 is 0 Å². The molecule has 0 radical (unpaired) electrons. The quantitative estimate of drug-likeness (QED) is 0.818. The summed E-state index contributed by atoms with van der Waals surface area (Å²) in [6.07, 6.45) is 0.165. The molecule has 2 N–H and O–H groups in total. The summed E-state index contributed by atoms with van der Waals surface area (Å²) in [6.45, 7) is 0.251. The van der Waals surface area contributed by atoms with Crippen LogP contribution in [0, 0.1) is 0 Å². The van der Waals surface area contributed by atoms with Crippen LogP contribution in [0.2, 0.25) is 0 Å². The number of ether oxygens (including phenoxy) is 2. The van der Waals surface area contributed by atoms with Gasteiger partial charge in [-0.15, -0.1) is 0 Å². The molecule has 0 unspecified atom stereocenters. The Labute approximate surface area is 140 Å². The fourth-order valence-electron chi connectivity index (χ4n) is 2.08. The first-order valence-electron chi connectivity index (χ1n) is 7.48. The molecule has 0 aromatic heterocycles. The first kappa shape index (κ1) is 17.3. The van der Waals surface area contributed by atoms with Crippen molar-refractivity contribution in [2.75, 3.05) is 26.1 Å². The number of hydrogen-bond acceptors (Lipinski definition) is 4. The Hall–Kier alpha value is -3.02. The van der Waals surface area contributed by atoms with Crippen LogP contribution in [-0.2, 0) is 4.79 Å². The van der Waals surface area contributed by atoms with E-state index < -0.39 is 0 Å². The molecule has 0 saturated heterocycles. The van der Waals surface area contributed by atoms with Crippen molar-refractivity contribution in [2.45, 2.75) is 6.42 Å². The third kappa shape index (κ3) is 5.01. The molecule has 0 heterocycles. The van der Waals surface area contributed by atoms with Gasteiger partial charge in [0.15, 0.2) is 0 Å². The molecule has 0 spiro atoms. The standard InChI is InChI=1S/C18H20N2O4/c1-23-15-10-14(11-16(12-15)24-2)20-17(21)8-9-19-18(22)13-6-4-3-5-7-13/h3-7,10-12H,8-9H2,1-2H3,(H,19,22)(H,20,21). The van der Waals surface area contributed by atoms with Crippen LogP contribution >= 0.6 is 0 Å². The molecule has 2 rings (SSSR count). The Morgan fingerprint density at radius 2 is 1.58 bits per heavy atom. The number of nitrogens with one attached hydrogen (secondary N) is 2. The molecule has 2 aromatic rings. The van der Waals surface area contributed by atoms with Crippen molar-refractivity contribution in [3.05, 3.63) is 54.1 Å². The zero-order valence-corrected chi connectivity index (χ0v) is 13.7. The first-order chi connectivity index (χ1) is 11.6. The minimum atomic E-state index is -0.210. The molecule has 126 valence electrons. The fourth-order valence-corrected chi connectivity index (χ4v) is 2.08. The highest BCUT2D eigenvalue weighted by Gasteiger charge is 2.08. The molecule has 0 aliphatic heterocycles. The summed E-state index contributed by atoms with van der Waals surface area (Å²) in [5, 5.41) is 5.47. The predicted molar refractivity (Wildman–Crippen MR) is 91.6 cm³/mol. The number of amides is 2. The molecule has 0 fully saturated rings. The van der Waals surface area contributed by atoms with Crippen molar-refractivity contribution >= 4 is 17.5 Å². The van der Waals surface area contributed by atoms with Gasteiger partial charge in [-0.3, -0.25) is 9.59 Å². The van der Waals surface area contributed by atoms with Gasteiger partial charge >= 0.3 is 0 Å². The Kier molecular flexibility index (Phi) is 6.19. The molecule has 6 heteroatoms. The Morgan fingerprint density at radius 3 is 2.17 bits per heavy atom. The van der Waals surface area contributed by atoms with E-state index in [-0.39, 0.29) is 24.8 Å². The van der Waals surface area contributed by atoms with Crippen LogP contribution in [0.25, 0.3) is 0 Å². The second-order valence-corrected chi connectivity index (χ2v) is 5.02. The molecule has 0 saturated carbocycles. The molecule has 0 aliphatic rings. The zero-order valence-electron chi connectivity index (χ0n) is 13.7. The van der Waals surface area contributed by atoms with Crippen LogP contribution in [-0.4, -0.2) is 32.6 Å². The topological polar surface area (TPSA) is 76.7 Å². The minimum Gasteiger partial charge on any atom is -0.497 e. The van der Waals surface area contributed by atoms with Crippen LogP contribution in [0.4, 0.5) is 5.69 Å². The Bertz CT molecular complexity index is 679. The van der Waals surface area contributed by atoms with Crippen LogP contribution in [0.1, 0.15) is 16.8 Å². The number of methoxy groups -OCH3 is 2. The maximum absolute atomic E-state index is 12.0. The molecule has 2 aromatic carbocycles. The number of benzene rings is 2. The van der Waals surface area contributed by atoms with Crippen molar-refractivity contribution in [3.8, 4) is 11.5 Å². The summed E-state index contributed by atoms with van der Waals surface area (Å²) in [7, 11) is 3.08. The number of anilines is 1. The lowest BCUT2D eigenvalue weighted by molar-refractivity contribution is -0.116. The van der Waals surface area contributed by atoms with Gasteiger partial charge in [-0.2, -0.15) is 0 Å². The lowest BCUT2D eigenvalue weighted by Gasteiger charge is -2.10. The Balaban J connectivity index is 1.84. The molecule has 2 amide bonds. The summed E-state index contributed by atoms with van der Waals surface area (Å²) < 4.78 is 10.3. The normalized spacial score (nSPS) is 9.92. The molecule has 24 heavy (non-hydrogen) atoms. The average Bonchev–Trinajstić information content (AvgIpc) is 2.61. The zero-order chi connectivity index (χ0) is 17.4. The van der Waals surface area contributed by atoms with Crippen LogP contribution in [0.3, 0.4) is 0 Å². The highest BCUT2D eigenvalue weighted by Crippen LogP contribution is 2.25. The van der Waals surface area contributed by atoms with E-state index in [9.17, 15) is 9.59 Å². The summed E-state index contributed by atoms with van der Waals surface area (Å²) in [6, 6.07) is 14.0. The van der Waals surface area contributed by atoms with Gasteiger partial charge in [0, 0.05) is 42.4 Å². The maximum Gasteiger partial charge on any atom is 0.251 e. The van der Waals surface area contributed by atoms with Gasteiger partial charge in [-0.05, 0) is 12.1 Å². The van der Waals surface area contributed by atoms with E-state index in [1.807, 2.05) is 6.07 Å². The summed E-state index contributed by atoms with van der Waals surface area (Å²) in [5.74, 6) is 0.758. The molecule has 6 nitrogen and oxygen atoms in total. The highest BCUT2D eigenvalue weighted by atomic mass is 16.5. The maximum atomic E-state index is 12.0. The van der Waals surface area contributed by atoms with Crippen molar-refractivity contribution in [2.24, 2.45) is 0 Å². The molecule has 0 atom stereocenters. The minimum absolute atomic E-state index is 0.165. The van der Waals surface area contributed by atoms with E-state index in [0.29, 0.717) is 22.7 Å². The van der Waals surface area contributed by atoms with Gasteiger partial charge in [0.25, 0.3) is 5.91 Å². The smallest absolute Gasteiger partial charge is 0.251 e. The third-order valence-corrected chi connectivity index (χ3v) is 3.31. The summed E-state index contributed by atoms with van der Waals surface area (Å²) >= 11 is 0. The number of hydrogen-bond donors (Lipinski definition) is 2.